The van der Waals surface area contributed by atoms with Crippen LogP contribution in [0.15, 0.2) is 53.7 Å². The maximum absolute atomic E-state index is 6.08. The zero-order valence-corrected chi connectivity index (χ0v) is 16.5. The van der Waals surface area contributed by atoms with E-state index in [0.717, 1.165) is 56.1 Å². The Balaban J connectivity index is 1.42. The number of morpholine rings is 1. The highest BCUT2D eigenvalue weighted by Gasteiger charge is 2.11. The van der Waals surface area contributed by atoms with E-state index in [-0.39, 0.29) is 0 Å². The van der Waals surface area contributed by atoms with Crippen molar-refractivity contribution in [3.63, 3.8) is 0 Å². The lowest BCUT2D eigenvalue weighted by Gasteiger charge is -2.26. The van der Waals surface area contributed by atoms with E-state index >= 15 is 0 Å². The Kier molecular flexibility index (Phi) is 7.70. The summed E-state index contributed by atoms with van der Waals surface area (Å²) in [5.41, 5.74) is 9.30. The smallest absolute Gasteiger partial charge is 0.170 e. The SMILES string of the molecule is Cc1ccccc1OCCCON=C(N)c1cccc(CN2CCOCC2)c1. The Labute approximate surface area is 166 Å². The normalized spacial score (nSPS) is 15.4. The summed E-state index contributed by atoms with van der Waals surface area (Å²) in [5.74, 6) is 1.30. The first-order valence-electron chi connectivity index (χ1n) is 9.75. The number of amidine groups is 1. The molecule has 150 valence electrons. The van der Waals surface area contributed by atoms with Gasteiger partial charge in [-0.2, -0.15) is 0 Å². The standard InChI is InChI=1S/C22H29N3O3/c1-18-6-2-3-9-21(18)27-12-5-13-28-24-22(23)20-8-4-7-19(16-20)17-25-10-14-26-15-11-25/h2-4,6-9,16H,5,10-15,17H2,1H3,(H2,23,24). The van der Waals surface area contributed by atoms with Crippen molar-refractivity contribution in [1.82, 2.24) is 4.90 Å². The molecular formula is C22H29N3O3. The second-order valence-electron chi connectivity index (χ2n) is 6.87. The number of para-hydroxylation sites is 1. The molecule has 1 heterocycles. The quantitative estimate of drug-likeness (QED) is 0.312. The average Bonchev–Trinajstić information content (AvgIpc) is 2.72. The molecule has 6 heteroatoms. The van der Waals surface area contributed by atoms with E-state index in [1.807, 2.05) is 43.3 Å². The maximum Gasteiger partial charge on any atom is 0.170 e. The molecule has 1 aliphatic heterocycles. The van der Waals surface area contributed by atoms with Crippen LogP contribution < -0.4 is 10.5 Å². The van der Waals surface area contributed by atoms with Gasteiger partial charge in [-0.3, -0.25) is 4.90 Å². The summed E-state index contributed by atoms with van der Waals surface area (Å²) < 4.78 is 11.1. The molecular weight excluding hydrogens is 354 g/mol. The number of aryl methyl sites for hydroxylation is 1. The summed E-state index contributed by atoms with van der Waals surface area (Å²) in [6.07, 6.45) is 0.738. The summed E-state index contributed by atoms with van der Waals surface area (Å²) in [6, 6.07) is 16.1. The fourth-order valence-corrected chi connectivity index (χ4v) is 3.04. The summed E-state index contributed by atoms with van der Waals surface area (Å²) >= 11 is 0. The van der Waals surface area contributed by atoms with Gasteiger partial charge in [0, 0.05) is 31.6 Å². The third-order valence-corrected chi connectivity index (χ3v) is 4.63. The van der Waals surface area contributed by atoms with Crippen LogP contribution in [0, 0.1) is 6.92 Å². The van der Waals surface area contributed by atoms with Gasteiger partial charge < -0.3 is 20.0 Å². The lowest BCUT2D eigenvalue weighted by Crippen LogP contribution is -2.35. The first-order valence-corrected chi connectivity index (χ1v) is 9.75. The molecule has 1 fully saturated rings. The summed E-state index contributed by atoms with van der Waals surface area (Å²) in [7, 11) is 0. The molecule has 0 aliphatic carbocycles. The maximum atomic E-state index is 6.08. The molecule has 0 spiro atoms. The third-order valence-electron chi connectivity index (χ3n) is 4.63. The highest BCUT2D eigenvalue weighted by Crippen LogP contribution is 2.16. The van der Waals surface area contributed by atoms with Crippen molar-refractivity contribution in [3.8, 4) is 5.75 Å². The van der Waals surface area contributed by atoms with Crippen LogP contribution in [-0.2, 0) is 16.1 Å². The molecule has 0 radical (unpaired) electrons. The molecule has 0 atom stereocenters. The minimum absolute atomic E-state index is 0.392. The Morgan fingerprint density at radius 3 is 2.75 bits per heavy atom. The highest BCUT2D eigenvalue weighted by atomic mass is 16.6. The second kappa shape index (κ2) is 10.7. The predicted molar refractivity (Wildman–Crippen MR) is 111 cm³/mol. The van der Waals surface area contributed by atoms with Crippen LogP contribution in [0.5, 0.6) is 5.75 Å². The molecule has 0 amide bonds. The number of hydrogen-bond acceptors (Lipinski definition) is 5. The molecule has 2 aromatic rings. The number of hydrogen-bond donors (Lipinski definition) is 1. The fraction of sp³-hybridized carbons (Fsp3) is 0.409. The molecule has 0 saturated carbocycles. The van der Waals surface area contributed by atoms with Gasteiger partial charge in [0.2, 0.25) is 0 Å². The van der Waals surface area contributed by atoms with Gasteiger partial charge in [-0.25, -0.2) is 0 Å². The minimum atomic E-state index is 0.392. The average molecular weight is 383 g/mol. The highest BCUT2D eigenvalue weighted by molar-refractivity contribution is 5.97. The van der Waals surface area contributed by atoms with Crippen LogP contribution in [0.4, 0.5) is 0 Å². The first kappa shape index (κ1) is 20.2. The van der Waals surface area contributed by atoms with E-state index in [9.17, 15) is 0 Å². The van der Waals surface area contributed by atoms with Gasteiger partial charge in [0.05, 0.1) is 19.8 Å². The Bertz CT molecular complexity index is 773. The van der Waals surface area contributed by atoms with Crippen molar-refractivity contribution in [2.24, 2.45) is 10.9 Å². The number of ether oxygens (including phenoxy) is 2. The van der Waals surface area contributed by atoms with Gasteiger partial charge in [0.15, 0.2) is 5.84 Å². The van der Waals surface area contributed by atoms with Gasteiger partial charge in [-0.05, 0) is 30.2 Å². The van der Waals surface area contributed by atoms with Crippen molar-refractivity contribution < 1.29 is 14.3 Å². The van der Waals surface area contributed by atoms with E-state index in [2.05, 4.69) is 22.2 Å². The van der Waals surface area contributed by atoms with Crippen LogP contribution in [0.1, 0.15) is 23.1 Å². The molecule has 0 unspecified atom stereocenters. The largest absolute Gasteiger partial charge is 0.493 e. The van der Waals surface area contributed by atoms with Gasteiger partial charge in [-0.1, -0.05) is 41.6 Å². The molecule has 28 heavy (non-hydrogen) atoms. The third kappa shape index (κ3) is 6.25. The second-order valence-corrected chi connectivity index (χ2v) is 6.87. The van der Waals surface area contributed by atoms with Gasteiger partial charge in [-0.15, -0.1) is 0 Å². The van der Waals surface area contributed by atoms with Crippen molar-refractivity contribution in [2.75, 3.05) is 39.5 Å². The van der Waals surface area contributed by atoms with Crippen molar-refractivity contribution in [1.29, 1.82) is 0 Å². The lowest BCUT2D eigenvalue weighted by molar-refractivity contribution is 0.0342. The summed E-state index contributed by atoms with van der Waals surface area (Å²) in [6.45, 7) is 7.47. The van der Waals surface area contributed by atoms with Crippen LogP contribution in [0.3, 0.4) is 0 Å². The Morgan fingerprint density at radius 2 is 1.93 bits per heavy atom. The number of benzene rings is 2. The van der Waals surface area contributed by atoms with Crippen LogP contribution in [0.2, 0.25) is 0 Å². The summed E-state index contributed by atoms with van der Waals surface area (Å²) in [4.78, 5) is 7.74. The van der Waals surface area contributed by atoms with Gasteiger partial charge >= 0.3 is 0 Å². The molecule has 0 bridgehead atoms. The van der Waals surface area contributed by atoms with Crippen molar-refractivity contribution in [3.05, 3.63) is 65.2 Å². The first-order chi connectivity index (χ1) is 13.7. The van der Waals surface area contributed by atoms with Gasteiger partial charge in [0.1, 0.15) is 12.4 Å². The molecule has 1 saturated heterocycles. The van der Waals surface area contributed by atoms with Crippen LogP contribution >= 0.6 is 0 Å². The van der Waals surface area contributed by atoms with E-state index in [4.69, 9.17) is 20.0 Å². The minimum Gasteiger partial charge on any atom is -0.493 e. The number of rotatable bonds is 9. The number of nitrogens with two attached hydrogens (primary N) is 1. The van der Waals surface area contributed by atoms with Crippen LogP contribution in [0.25, 0.3) is 0 Å². The number of nitrogens with zero attached hydrogens (tertiary/aromatic N) is 2. The molecule has 2 N–H and O–H groups in total. The van der Waals surface area contributed by atoms with Gasteiger partial charge in [0.25, 0.3) is 0 Å². The van der Waals surface area contributed by atoms with Crippen molar-refractivity contribution in [2.45, 2.75) is 19.9 Å². The predicted octanol–water partition coefficient (Wildman–Crippen LogP) is 2.93. The van der Waals surface area contributed by atoms with E-state index in [1.165, 1.54) is 5.56 Å². The molecule has 3 rings (SSSR count). The molecule has 6 nitrogen and oxygen atoms in total. The monoisotopic (exact) mass is 383 g/mol. The van der Waals surface area contributed by atoms with E-state index in [1.54, 1.807) is 0 Å². The van der Waals surface area contributed by atoms with E-state index < -0.39 is 0 Å². The lowest BCUT2D eigenvalue weighted by atomic mass is 10.1. The molecule has 1 aliphatic rings. The zero-order chi connectivity index (χ0) is 19.6. The fourth-order valence-electron chi connectivity index (χ4n) is 3.04. The number of oxime groups is 1. The van der Waals surface area contributed by atoms with Crippen LogP contribution in [-0.4, -0.2) is 50.3 Å². The van der Waals surface area contributed by atoms with E-state index in [0.29, 0.717) is 19.0 Å². The van der Waals surface area contributed by atoms with Crippen molar-refractivity contribution >= 4 is 5.84 Å². The molecule has 0 aromatic heterocycles. The Morgan fingerprint density at radius 1 is 1.11 bits per heavy atom. The zero-order valence-electron chi connectivity index (χ0n) is 16.5. The summed E-state index contributed by atoms with van der Waals surface area (Å²) in [5, 5.41) is 4.05. The Hall–Kier alpha value is -2.57. The molecule has 2 aromatic carbocycles. The topological polar surface area (TPSA) is 69.3 Å².